The molecule has 5 nitrogen and oxygen atoms in total. The summed E-state index contributed by atoms with van der Waals surface area (Å²) in [6, 6.07) is 3.84. The minimum absolute atomic E-state index is 0.182. The maximum absolute atomic E-state index is 12.6. The van der Waals surface area contributed by atoms with Gasteiger partial charge >= 0.3 is 12.1 Å². The van der Waals surface area contributed by atoms with Crippen LogP contribution in [0.1, 0.15) is 21.6 Å². The first kappa shape index (κ1) is 14.9. The molecule has 0 unspecified atom stereocenters. The number of carboxylic acids is 1. The van der Waals surface area contributed by atoms with Crippen LogP contribution < -0.4 is 4.74 Å². The van der Waals surface area contributed by atoms with Crippen LogP contribution in [0.25, 0.3) is 0 Å². The molecule has 0 amide bonds. The smallest absolute Gasteiger partial charge is 0.416 e. The Balaban J connectivity index is 2.44. The van der Waals surface area contributed by atoms with E-state index in [0.717, 1.165) is 12.1 Å². The molecule has 2 aromatic rings. The van der Waals surface area contributed by atoms with Crippen LogP contribution in [0.15, 0.2) is 24.3 Å². The number of halogens is 3. The van der Waals surface area contributed by atoms with Crippen molar-refractivity contribution in [3.05, 3.63) is 41.1 Å². The molecule has 0 aliphatic carbocycles. The number of hydrogen-bond acceptors (Lipinski definition) is 3. The molecule has 0 bridgehead atoms. The lowest BCUT2D eigenvalue weighted by Crippen LogP contribution is -2.09. The molecule has 0 saturated heterocycles. The Morgan fingerprint density at radius 2 is 2.00 bits per heavy atom. The van der Waals surface area contributed by atoms with Crippen LogP contribution in [0.5, 0.6) is 11.6 Å². The SMILES string of the molecule is Cc1cc(Oc2ccc(C(F)(F)F)cc2C(=O)O)n(C)n1. The Morgan fingerprint density at radius 3 is 2.48 bits per heavy atom. The number of carboxylic acid groups (broad SMARTS) is 1. The molecular weight excluding hydrogens is 289 g/mol. The van der Waals surface area contributed by atoms with Gasteiger partial charge < -0.3 is 9.84 Å². The van der Waals surface area contributed by atoms with Gasteiger partial charge in [-0.2, -0.15) is 18.3 Å². The Hall–Kier alpha value is -2.51. The zero-order valence-electron chi connectivity index (χ0n) is 11.1. The summed E-state index contributed by atoms with van der Waals surface area (Å²) in [5.74, 6) is -1.46. The Labute approximate surface area is 117 Å². The summed E-state index contributed by atoms with van der Waals surface area (Å²) in [4.78, 5) is 11.1. The summed E-state index contributed by atoms with van der Waals surface area (Å²) in [5.41, 5.74) is -0.978. The van der Waals surface area contributed by atoms with Gasteiger partial charge in [-0.15, -0.1) is 0 Å². The number of ether oxygens (including phenoxy) is 1. The lowest BCUT2D eigenvalue weighted by atomic mass is 10.1. The summed E-state index contributed by atoms with van der Waals surface area (Å²) >= 11 is 0. The summed E-state index contributed by atoms with van der Waals surface area (Å²) in [6.07, 6.45) is -4.62. The van der Waals surface area contributed by atoms with Crippen LogP contribution in [-0.2, 0) is 13.2 Å². The summed E-state index contributed by atoms with van der Waals surface area (Å²) in [7, 11) is 1.58. The summed E-state index contributed by atoms with van der Waals surface area (Å²) in [6.45, 7) is 1.71. The third-order valence-corrected chi connectivity index (χ3v) is 2.71. The van der Waals surface area contributed by atoms with Gasteiger partial charge in [-0.05, 0) is 25.1 Å². The number of aryl methyl sites for hydroxylation is 2. The van der Waals surface area contributed by atoms with Gasteiger partial charge in [-0.25, -0.2) is 9.48 Å². The van der Waals surface area contributed by atoms with Crippen LogP contribution in [0.2, 0.25) is 0 Å². The van der Waals surface area contributed by atoms with Gasteiger partial charge in [-0.1, -0.05) is 0 Å². The van der Waals surface area contributed by atoms with E-state index in [1.54, 1.807) is 20.0 Å². The molecule has 1 aromatic heterocycles. The van der Waals surface area contributed by atoms with Crippen LogP contribution >= 0.6 is 0 Å². The maximum Gasteiger partial charge on any atom is 0.416 e. The molecule has 0 spiro atoms. The number of rotatable bonds is 3. The van der Waals surface area contributed by atoms with Gasteiger partial charge in [0, 0.05) is 13.1 Å². The third-order valence-electron chi connectivity index (χ3n) is 2.71. The lowest BCUT2D eigenvalue weighted by Gasteiger charge is -2.12. The minimum atomic E-state index is -4.62. The van der Waals surface area contributed by atoms with Crippen LogP contribution in [-0.4, -0.2) is 20.9 Å². The molecule has 0 aliphatic rings. The summed E-state index contributed by atoms with van der Waals surface area (Å²) < 4.78 is 44.5. The molecule has 112 valence electrons. The van der Waals surface area contributed by atoms with Gasteiger partial charge in [0.2, 0.25) is 5.88 Å². The number of benzene rings is 1. The Morgan fingerprint density at radius 1 is 1.33 bits per heavy atom. The number of nitrogens with zero attached hydrogens (tertiary/aromatic N) is 2. The fourth-order valence-corrected chi connectivity index (χ4v) is 1.76. The topological polar surface area (TPSA) is 64.3 Å². The van der Waals surface area contributed by atoms with Crippen LogP contribution in [0.3, 0.4) is 0 Å². The molecular formula is C13H11F3N2O3. The number of alkyl halides is 3. The second-order valence-corrected chi connectivity index (χ2v) is 4.36. The van der Waals surface area contributed by atoms with Crippen molar-refractivity contribution in [2.75, 3.05) is 0 Å². The summed E-state index contributed by atoms with van der Waals surface area (Å²) in [5, 5.41) is 13.0. The van der Waals surface area contributed by atoms with Crippen LogP contribution in [0.4, 0.5) is 13.2 Å². The average molecular weight is 300 g/mol. The van der Waals surface area contributed by atoms with E-state index < -0.39 is 23.3 Å². The van der Waals surface area contributed by atoms with E-state index >= 15 is 0 Å². The van der Waals surface area contributed by atoms with E-state index in [1.165, 1.54) is 4.68 Å². The van der Waals surface area contributed by atoms with Crippen molar-refractivity contribution in [1.82, 2.24) is 9.78 Å². The minimum Gasteiger partial charge on any atom is -0.478 e. The van der Waals surface area contributed by atoms with Crippen molar-refractivity contribution in [1.29, 1.82) is 0 Å². The highest BCUT2D eigenvalue weighted by Crippen LogP contribution is 2.34. The molecule has 1 aromatic carbocycles. The molecule has 0 aliphatic heterocycles. The van der Waals surface area contributed by atoms with Crippen molar-refractivity contribution < 1.29 is 27.8 Å². The number of hydrogen-bond donors (Lipinski definition) is 1. The number of aromatic nitrogens is 2. The van der Waals surface area contributed by atoms with E-state index in [-0.39, 0.29) is 11.6 Å². The van der Waals surface area contributed by atoms with Crippen molar-refractivity contribution in [3.8, 4) is 11.6 Å². The average Bonchev–Trinajstić information content (AvgIpc) is 2.66. The van der Waals surface area contributed by atoms with Gasteiger partial charge in [0.05, 0.1) is 11.3 Å². The first-order valence-electron chi connectivity index (χ1n) is 5.81. The monoisotopic (exact) mass is 300 g/mol. The lowest BCUT2D eigenvalue weighted by molar-refractivity contribution is -0.137. The largest absolute Gasteiger partial charge is 0.478 e. The molecule has 0 fully saturated rings. The third kappa shape index (κ3) is 3.15. The molecule has 0 saturated carbocycles. The zero-order chi connectivity index (χ0) is 15.8. The Kier molecular flexibility index (Phi) is 3.63. The van der Waals surface area contributed by atoms with E-state index in [9.17, 15) is 18.0 Å². The van der Waals surface area contributed by atoms with Crippen molar-refractivity contribution >= 4 is 5.97 Å². The second-order valence-electron chi connectivity index (χ2n) is 4.36. The fraction of sp³-hybridized carbons (Fsp3) is 0.231. The first-order valence-corrected chi connectivity index (χ1v) is 5.81. The van der Waals surface area contributed by atoms with Crippen molar-refractivity contribution in [2.24, 2.45) is 7.05 Å². The van der Waals surface area contributed by atoms with E-state index in [1.807, 2.05) is 0 Å². The molecule has 0 atom stereocenters. The van der Waals surface area contributed by atoms with Crippen molar-refractivity contribution in [3.63, 3.8) is 0 Å². The quantitative estimate of drug-likeness (QED) is 0.945. The molecule has 21 heavy (non-hydrogen) atoms. The van der Waals surface area contributed by atoms with Crippen molar-refractivity contribution in [2.45, 2.75) is 13.1 Å². The van der Waals surface area contributed by atoms with Gasteiger partial charge in [0.1, 0.15) is 11.3 Å². The first-order chi connectivity index (χ1) is 9.68. The number of carbonyl (C=O) groups is 1. The highest BCUT2D eigenvalue weighted by molar-refractivity contribution is 5.91. The van der Waals surface area contributed by atoms with Crippen LogP contribution in [0, 0.1) is 6.92 Å². The maximum atomic E-state index is 12.6. The fourth-order valence-electron chi connectivity index (χ4n) is 1.76. The highest BCUT2D eigenvalue weighted by atomic mass is 19.4. The molecule has 2 rings (SSSR count). The number of aromatic carboxylic acids is 1. The van der Waals surface area contributed by atoms with E-state index in [2.05, 4.69) is 5.10 Å². The molecule has 0 radical (unpaired) electrons. The highest BCUT2D eigenvalue weighted by Gasteiger charge is 2.32. The second kappa shape index (κ2) is 5.12. The predicted molar refractivity (Wildman–Crippen MR) is 66.4 cm³/mol. The molecule has 8 heteroatoms. The van der Waals surface area contributed by atoms with Gasteiger partial charge in [-0.3, -0.25) is 0 Å². The predicted octanol–water partition coefficient (Wildman–Crippen LogP) is 3.24. The molecule has 1 N–H and O–H groups in total. The zero-order valence-corrected chi connectivity index (χ0v) is 11.1. The van der Waals surface area contributed by atoms with E-state index in [4.69, 9.17) is 9.84 Å². The normalized spacial score (nSPS) is 11.5. The Bertz CT molecular complexity index is 692. The van der Waals surface area contributed by atoms with Gasteiger partial charge in [0.25, 0.3) is 0 Å². The molecule has 1 heterocycles. The van der Waals surface area contributed by atoms with Gasteiger partial charge in [0.15, 0.2) is 0 Å². The standard InChI is InChI=1S/C13H11F3N2O3/c1-7-5-11(18(2)17-7)21-10-4-3-8(13(14,15)16)6-9(10)12(19)20/h3-6H,1-2H3,(H,19,20). The van der Waals surface area contributed by atoms with E-state index in [0.29, 0.717) is 11.8 Å².